The second kappa shape index (κ2) is 6.31. The first-order valence-electron chi connectivity index (χ1n) is 6.37. The van der Waals surface area contributed by atoms with Crippen molar-refractivity contribution < 1.29 is 27.8 Å². The van der Waals surface area contributed by atoms with Gasteiger partial charge in [0.1, 0.15) is 5.75 Å². The lowest BCUT2D eigenvalue weighted by Crippen LogP contribution is -2.39. The lowest BCUT2D eigenvalue weighted by atomic mass is 10.1. The van der Waals surface area contributed by atoms with Crippen LogP contribution in [-0.2, 0) is 11.3 Å². The van der Waals surface area contributed by atoms with Crippen molar-refractivity contribution in [2.24, 2.45) is 0 Å². The third kappa shape index (κ3) is 4.91. The summed E-state index contributed by atoms with van der Waals surface area (Å²) >= 11 is 0. The van der Waals surface area contributed by atoms with E-state index in [4.69, 9.17) is 0 Å². The van der Waals surface area contributed by atoms with Gasteiger partial charge in [-0.25, -0.2) is 0 Å². The second-order valence-corrected chi connectivity index (χ2v) is 4.76. The highest BCUT2D eigenvalue weighted by Crippen LogP contribution is 2.22. The Morgan fingerprint density at radius 1 is 1.38 bits per heavy atom. The molecule has 1 aromatic carbocycles. The van der Waals surface area contributed by atoms with Gasteiger partial charge < -0.3 is 20.5 Å². The molecular formula is C13H15F3N2O3. The van der Waals surface area contributed by atoms with Crippen LogP contribution < -0.4 is 15.4 Å². The van der Waals surface area contributed by atoms with Crippen LogP contribution in [0.5, 0.6) is 5.75 Å². The molecule has 0 aromatic heterocycles. The average Bonchev–Trinajstić information content (AvgIpc) is 2.82. The number of carbonyl (C=O) groups is 1. The van der Waals surface area contributed by atoms with E-state index in [-0.39, 0.29) is 18.2 Å². The molecule has 0 saturated carbocycles. The summed E-state index contributed by atoms with van der Waals surface area (Å²) in [6.45, 7) is 0.570. The smallest absolute Gasteiger partial charge is 0.406 e. The molecule has 116 valence electrons. The lowest BCUT2D eigenvalue weighted by Gasteiger charge is -2.12. The zero-order chi connectivity index (χ0) is 15.5. The zero-order valence-electron chi connectivity index (χ0n) is 11.0. The fourth-order valence-electron chi connectivity index (χ4n) is 2.04. The van der Waals surface area contributed by atoms with Crippen molar-refractivity contribution in [3.05, 3.63) is 29.8 Å². The van der Waals surface area contributed by atoms with Crippen molar-refractivity contribution in [3.63, 3.8) is 0 Å². The van der Waals surface area contributed by atoms with E-state index in [0.717, 1.165) is 0 Å². The van der Waals surface area contributed by atoms with Crippen LogP contribution in [-0.4, -0.2) is 36.1 Å². The first kappa shape index (κ1) is 15.6. The van der Waals surface area contributed by atoms with E-state index in [0.29, 0.717) is 18.5 Å². The Balaban J connectivity index is 1.82. The van der Waals surface area contributed by atoms with Gasteiger partial charge in [0.25, 0.3) is 0 Å². The summed E-state index contributed by atoms with van der Waals surface area (Å²) < 4.78 is 39.7. The normalized spacial score (nSPS) is 22.1. The van der Waals surface area contributed by atoms with Gasteiger partial charge in [0.15, 0.2) is 0 Å². The van der Waals surface area contributed by atoms with Crippen LogP contribution in [0, 0.1) is 0 Å². The van der Waals surface area contributed by atoms with Crippen LogP contribution in [0.4, 0.5) is 13.2 Å². The summed E-state index contributed by atoms with van der Waals surface area (Å²) in [6.07, 6.45) is -4.89. The predicted molar refractivity (Wildman–Crippen MR) is 67.4 cm³/mol. The van der Waals surface area contributed by atoms with E-state index in [9.17, 15) is 23.1 Å². The van der Waals surface area contributed by atoms with Gasteiger partial charge in [-0.1, -0.05) is 12.1 Å². The Bertz CT molecular complexity index is 490. The minimum absolute atomic E-state index is 0.194. The number of halogens is 3. The SMILES string of the molecule is O=C(NCc1ccc(OC(F)(F)F)cc1)[C@H]1C[C@H](O)CN1. The maximum atomic E-state index is 12.0. The lowest BCUT2D eigenvalue weighted by molar-refractivity contribution is -0.274. The van der Waals surface area contributed by atoms with Crippen LogP contribution in [0.2, 0.25) is 0 Å². The first-order chi connectivity index (χ1) is 9.83. The number of benzene rings is 1. The van der Waals surface area contributed by atoms with Crippen LogP contribution in [0.15, 0.2) is 24.3 Å². The van der Waals surface area contributed by atoms with Gasteiger partial charge >= 0.3 is 6.36 Å². The molecule has 0 spiro atoms. The van der Waals surface area contributed by atoms with Crippen molar-refractivity contribution in [2.45, 2.75) is 31.5 Å². The van der Waals surface area contributed by atoms with E-state index in [2.05, 4.69) is 15.4 Å². The summed E-state index contributed by atoms with van der Waals surface area (Å²) in [5.74, 6) is -0.555. The summed E-state index contributed by atoms with van der Waals surface area (Å²) in [5, 5.41) is 14.8. The van der Waals surface area contributed by atoms with Gasteiger partial charge in [-0.2, -0.15) is 0 Å². The number of aliphatic hydroxyl groups excluding tert-OH is 1. The molecule has 1 amide bonds. The predicted octanol–water partition coefficient (Wildman–Crippen LogP) is 0.924. The molecule has 1 aliphatic rings. The van der Waals surface area contributed by atoms with E-state index in [1.807, 2.05) is 0 Å². The first-order valence-corrected chi connectivity index (χ1v) is 6.37. The van der Waals surface area contributed by atoms with Gasteiger partial charge in [0, 0.05) is 13.1 Å². The molecular weight excluding hydrogens is 289 g/mol. The highest BCUT2D eigenvalue weighted by molar-refractivity contribution is 5.82. The maximum Gasteiger partial charge on any atom is 0.573 e. The van der Waals surface area contributed by atoms with Crippen LogP contribution in [0.3, 0.4) is 0 Å². The highest BCUT2D eigenvalue weighted by atomic mass is 19.4. The molecule has 21 heavy (non-hydrogen) atoms. The number of nitrogens with one attached hydrogen (secondary N) is 2. The molecule has 0 bridgehead atoms. The molecule has 8 heteroatoms. The molecule has 0 aliphatic carbocycles. The average molecular weight is 304 g/mol. The minimum Gasteiger partial charge on any atom is -0.406 e. The van der Waals surface area contributed by atoms with Gasteiger partial charge in [0.2, 0.25) is 5.91 Å². The molecule has 2 atom stereocenters. The van der Waals surface area contributed by atoms with Crippen LogP contribution in [0.1, 0.15) is 12.0 Å². The molecule has 0 unspecified atom stereocenters. The van der Waals surface area contributed by atoms with Crippen molar-refractivity contribution in [2.75, 3.05) is 6.54 Å². The summed E-state index contributed by atoms with van der Waals surface area (Å²) in [6, 6.07) is 4.82. The van der Waals surface area contributed by atoms with Crippen LogP contribution in [0.25, 0.3) is 0 Å². The largest absolute Gasteiger partial charge is 0.573 e. The van der Waals surface area contributed by atoms with Crippen LogP contribution >= 0.6 is 0 Å². The van der Waals surface area contributed by atoms with E-state index < -0.39 is 18.5 Å². The number of hydrogen-bond acceptors (Lipinski definition) is 4. The Kier molecular flexibility index (Phi) is 4.69. The molecule has 1 aromatic rings. The van der Waals surface area contributed by atoms with E-state index >= 15 is 0 Å². The van der Waals surface area contributed by atoms with E-state index in [1.165, 1.54) is 24.3 Å². The van der Waals surface area contributed by atoms with Crippen molar-refractivity contribution in [3.8, 4) is 5.75 Å². The number of alkyl halides is 3. The number of β-amino-alcohol motifs (C(OH)–C–C–N with tert-alkyl or cyclic N) is 1. The number of ether oxygens (including phenoxy) is 1. The fourth-order valence-corrected chi connectivity index (χ4v) is 2.04. The van der Waals surface area contributed by atoms with Crippen molar-refractivity contribution >= 4 is 5.91 Å². The Morgan fingerprint density at radius 3 is 2.57 bits per heavy atom. The van der Waals surface area contributed by atoms with Crippen molar-refractivity contribution in [1.29, 1.82) is 0 Å². The van der Waals surface area contributed by atoms with Crippen molar-refractivity contribution in [1.82, 2.24) is 10.6 Å². The highest BCUT2D eigenvalue weighted by Gasteiger charge is 2.31. The molecule has 3 N–H and O–H groups in total. The number of hydrogen-bond donors (Lipinski definition) is 3. The quantitative estimate of drug-likeness (QED) is 0.774. The molecule has 1 fully saturated rings. The standard InChI is InChI=1S/C13H15F3N2O3/c14-13(15,16)21-10-3-1-8(2-4-10)6-18-12(20)11-5-9(19)7-17-11/h1-4,9,11,17,19H,5-7H2,(H,18,20)/t9-,11+/m0/s1. The Labute approximate surface area is 119 Å². The zero-order valence-corrected chi connectivity index (χ0v) is 11.0. The number of amides is 1. The third-order valence-electron chi connectivity index (χ3n) is 3.05. The van der Waals surface area contributed by atoms with Gasteiger partial charge in [0.05, 0.1) is 12.1 Å². The molecule has 1 heterocycles. The topological polar surface area (TPSA) is 70.6 Å². The third-order valence-corrected chi connectivity index (χ3v) is 3.05. The number of aliphatic hydroxyl groups is 1. The summed E-state index contributed by atoms with van der Waals surface area (Å²) in [4.78, 5) is 11.8. The number of rotatable bonds is 4. The monoisotopic (exact) mass is 304 g/mol. The Hall–Kier alpha value is -1.80. The minimum atomic E-state index is -4.72. The molecule has 1 aliphatic heterocycles. The molecule has 0 radical (unpaired) electrons. The number of carbonyl (C=O) groups excluding carboxylic acids is 1. The maximum absolute atomic E-state index is 12.0. The van der Waals surface area contributed by atoms with Gasteiger partial charge in [-0.15, -0.1) is 13.2 Å². The molecule has 2 rings (SSSR count). The van der Waals surface area contributed by atoms with E-state index in [1.54, 1.807) is 0 Å². The second-order valence-electron chi connectivity index (χ2n) is 4.76. The summed E-state index contributed by atoms with van der Waals surface area (Å²) in [5.41, 5.74) is 0.649. The molecule has 1 saturated heterocycles. The fraction of sp³-hybridized carbons (Fsp3) is 0.462. The Morgan fingerprint density at radius 2 is 2.05 bits per heavy atom. The van der Waals surface area contributed by atoms with Gasteiger partial charge in [-0.05, 0) is 24.1 Å². The summed E-state index contributed by atoms with van der Waals surface area (Å²) in [7, 11) is 0. The molecule has 5 nitrogen and oxygen atoms in total. The van der Waals surface area contributed by atoms with Gasteiger partial charge in [-0.3, -0.25) is 4.79 Å².